The van der Waals surface area contributed by atoms with Crippen LogP contribution in [0.5, 0.6) is 5.75 Å². The molecule has 0 radical (unpaired) electrons. The average Bonchev–Trinajstić information content (AvgIpc) is 1.90. The monoisotopic (exact) mass is 129 g/mol. The SMILES string of the molecule is F.NOc1ccccc1. The van der Waals surface area contributed by atoms with Crippen molar-refractivity contribution in [2.45, 2.75) is 0 Å². The number of para-hydroxylation sites is 1. The number of rotatable bonds is 1. The summed E-state index contributed by atoms with van der Waals surface area (Å²) in [6.45, 7) is 0. The van der Waals surface area contributed by atoms with Gasteiger partial charge in [-0.25, -0.2) is 0 Å². The van der Waals surface area contributed by atoms with E-state index in [4.69, 9.17) is 5.90 Å². The van der Waals surface area contributed by atoms with Gasteiger partial charge in [0.2, 0.25) is 0 Å². The van der Waals surface area contributed by atoms with Crippen LogP contribution < -0.4 is 10.7 Å². The molecule has 0 unspecified atom stereocenters. The lowest BCUT2D eigenvalue weighted by Gasteiger charge is -1.92. The molecule has 9 heavy (non-hydrogen) atoms. The number of hydrogen-bond acceptors (Lipinski definition) is 2. The molecule has 2 nitrogen and oxygen atoms in total. The summed E-state index contributed by atoms with van der Waals surface area (Å²) in [6.07, 6.45) is 0. The first-order valence-corrected chi connectivity index (χ1v) is 2.35. The van der Waals surface area contributed by atoms with E-state index >= 15 is 0 Å². The maximum Gasteiger partial charge on any atom is 0.146 e. The molecule has 0 aromatic heterocycles. The number of benzene rings is 1. The summed E-state index contributed by atoms with van der Waals surface area (Å²) < 4.78 is 0. The minimum atomic E-state index is 0. The molecule has 3 heteroatoms. The third-order valence-corrected chi connectivity index (χ3v) is 0.879. The van der Waals surface area contributed by atoms with Crippen molar-refractivity contribution in [2.24, 2.45) is 5.90 Å². The summed E-state index contributed by atoms with van der Waals surface area (Å²) in [6, 6.07) is 9.22. The van der Waals surface area contributed by atoms with Crippen molar-refractivity contribution in [3.8, 4) is 5.75 Å². The van der Waals surface area contributed by atoms with Gasteiger partial charge in [0.05, 0.1) is 0 Å². The van der Waals surface area contributed by atoms with Crippen molar-refractivity contribution in [1.29, 1.82) is 0 Å². The summed E-state index contributed by atoms with van der Waals surface area (Å²) in [4.78, 5) is 4.41. The Morgan fingerprint density at radius 3 is 2.00 bits per heavy atom. The van der Waals surface area contributed by atoms with Gasteiger partial charge in [-0.15, -0.1) is 0 Å². The van der Waals surface area contributed by atoms with Crippen molar-refractivity contribution >= 4 is 0 Å². The topological polar surface area (TPSA) is 35.2 Å². The third-order valence-electron chi connectivity index (χ3n) is 0.879. The lowest BCUT2D eigenvalue weighted by Crippen LogP contribution is -2.00. The van der Waals surface area contributed by atoms with Crippen LogP contribution in [-0.4, -0.2) is 0 Å². The molecule has 50 valence electrons. The molecule has 1 rings (SSSR count). The van der Waals surface area contributed by atoms with Crippen LogP contribution in [0.4, 0.5) is 4.70 Å². The van der Waals surface area contributed by atoms with E-state index in [0.717, 1.165) is 0 Å². The zero-order valence-corrected chi connectivity index (χ0v) is 4.78. The van der Waals surface area contributed by atoms with Gasteiger partial charge >= 0.3 is 0 Å². The second kappa shape index (κ2) is 3.86. The van der Waals surface area contributed by atoms with Crippen molar-refractivity contribution in [1.82, 2.24) is 0 Å². The van der Waals surface area contributed by atoms with E-state index in [1.165, 1.54) is 0 Å². The lowest BCUT2D eigenvalue weighted by atomic mass is 10.3. The molecule has 0 saturated heterocycles. The molecule has 0 atom stereocenters. The van der Waals surface area contributed by atoms with Gasteiger partial charge in [0.25, 0.3) is 0 Å². The van der Waals surface area contributed by atoms with Gasteiger partial charge in [0.15, 0.2) is 0 Å². The number of halogens is 1. The average molecular weight is 129 g/mol. The standard InChI is InChI=1S/C6H7NO.FH/c7-8-6-4-2-1-3-5-6;/h1-5H,7H2;1H. The third kappa shape index (κ3) is 2.10. The first-order valence-electron chi connectivity index (χ1n) is 2.35. The van der Waals surface area contributed by atoms with Crippen LogP contribution >= 0.6 is 0 Å². The summed E-state index contributed by atoms with van der Waals surface area (Å²) in [5.74, 6) is 5.54. The zero-order valence-electron chi connectivity index (χ0n) is 4.78. The van der Waals surface area contributed by atoms with E-state index in [-0.39, 0.29) is 4.70 Å². The summed E-state index contributed by atoms with van der Waals surface area (Å²) in [7, 11) is 0. The second-order valence-corrected chi connectivity index (χ2v) is 1.43. The van der Waals surface area contributed by atoms with Crippen LogP contribution in [0.1, 0.15) is 0 Å². The summed E-state index contributed by atoms with van der Waals surface area (Å²) >= 11 is 0. The molecule has 0 aliphatic heterocycles. The van der Waals surface area contributed by atoms with Crippen LogP contribution in [0.15, 0.2) is 30.3 Å². The first kappa shape index (κ1) is 7.91. The predicted octanol–water partition coefficient (Wildman–Crippen LogP) is 1.09. The fourth-order valence-electron chi connectivity index (χ4n) is 0.499. The van der Waals surface area contributed by atoms with E-state index in [9.17, 15) is 0 Å². The van der Waals surface area contributed by atoms with Crippen molar-refractivity contribution in [2.75, 3.05) is 0 Å². The Kier molecular flexibility index (Phi) is 3.39. The Balaban J connectivity index is 0.000000640. The molecule has 0 fully saturated rings. The highest BCUT2D eigenvalue weighted by Gasteiger charge is 1.81. The molecule has 0 spiro atoms. The molecule has 1 aromatic carbocycles. The Morgan fingerprint density at radius 2 is 1.67 bits per heavy atom. The summed E-state index contributed by atoms with van der Waals surface area (Å²) in [5, 5.41) is 0. The largest absolute Gasteiger partial charge is 0.412 e. The van der Waals surface area contributed by atoms with Crippen LogP contribution in [0.2, 0.25) is 0 Å². The van der Waals surface area contributed by atoms with Crippen LogP contribution in [0.25, 0.3) is 0 Å². The molecule has 0 heterocycles. The van der Waals surface area contributed by atoms with Crippen LogP contribution in [-0.2, 0) is 0 Å². The minimum absolute atomic E-state index is 0. The molecule has 0 aliphatic rings. The molecule has 0 saturated carbocycles. The van der Waals surface area contributed by atoms with Gasteiger partial charge in [-0.05, 0) is 12.1 Å². The highest BCUT2D eigenvalue weighted by molar-refractivity contribution is 5.20. The van der Waals surface area contributed by atoms with E-state index in [0.29, 0.717) is 5.75 Å². The number of nitrogens with two attached hydrogens (primary N) is 1. The summed E-state index contributed by atoms with van der Waals surface area (Å²) in [5.41, 5.74) is 0. The normalized spacial score (nSPS) is 7.67. The smallest absolute Gasteiger partial charge is 0.146 e. The Bertz CT molecular complexity index is 154. The van der Waals surface area contributed by atoms with E-state index in [1.807, 2.05) is 18.2 Å². The van der Waals surface area contributed by atoms with Crippen LogP contribution in [0.3, 0.4) is 0 Å². The molecule has 0 amide bonds. The number of hydrogen-bond donors (Lipinski definition) is 1. The lowest BCUT2D eigenvalue weighted by molar-refractivity contribution is 0.334. The Labute approximate surface area is 52.6 Å². The van der Waals surface area contributed by atoms with Gasteiger partial charge in [0, 0.05) is 0 Å². The fourth-order valence-corrected chi connectivity index (χ4v) is 0.499. The molecule has 0 aliphatic carbocycles. The highest BCUT2D eigenvalue weighted by atomic mass is 19.0. The van der Waals surface area contributed by atoms with Crippen molar-refractivity contribution < 1.29 is 9.54 Å². The maximum atomic E-state index is 4.85. The van der Waals surface area contributed by atoms with Crippen molar-refractivity contribution in [3.05, 3.63) is 30.3 Å². The minimum Gasteiger partial charge on any atom is -0.412 e. The fraction of sp³-hybridized carbons (Fsp3) is 0. The molecular formula is C6H8FNO. The molecule has 0 bridgehead atoms. The van der Waals surface area contributed by atoms with Crippen LogP contribution in [0, 0.1) is 0 Å². The van der Waals surface area contributed by atoms with E-state index in [1.54, 1.807) is 12.1 Å². The van der Waals surface area contributed by atoms with E-state index < -0.39 is 0 Å². The first-order chi connectivity index (χ1) is 3.93. The Morgan fingerprint density at radius 1 is 1.11 bits per heavy atom. The van der Waals surface area contributed by atoms with Gasteiger partial charge < -0.3 is 4.84 Å². The van der Waals surface area contributed by atoms with Crippen molar-refractivity contribution in [3.63, 3.8) is 0 Å². The van der Waals surface area contributed by atoms with Gasteiger partial charge in [-0.3, -0.25) is 4.70 Å². The van der Waals surface area contributed by atoms with E-state index in [2.05, 4.69) is 4.84 Å². The zero-order chi connectivity index (χ0) is 5.82. The maximum absolute atomic E-state index is 4.85. The molecule has 2 N–H and O–H groups in total. The molecule has 1 aromatic rings. The van der Waals surface area contributed by atoms with Gasteiger partial charge in [-0.2, -0.15) is 5.90 Å². The van der Waals surface area contributed by atoms with Gasteiger partial charge in [0.1, 0.15) is 5.75 Å². The predicted molar refractivity (Wildman–Crippen MR) is 33.8 cm³/mol. The Hall–Kier alpha value is -1.09. The molecular weight excluding hydrogens is 121 g/mol. The van der Waals surface area contributed by atoms with Gasteiger partial charge in [-0.1, -0.05) is 18.2 Å². The quantitative estimate of drug-likeness (QED) is 0.576. The second-order valence-electron chi connectivity index (χ2n) is 1.43. The highest BCUT2D eigenvalue weighted by Crippen LogP contribution is 2.04.